The van der Waals surface area contributed by atoms with Crippen molar-refractivity contribution in [1.29, 1.82) is 0 Å². The minimum atomic E-state index is -0.527. The predicted molar refractivity (Wildman–Crippen MR) is 132 cm³/mol. The van der Waals surface area contributed by atoms with Gasteiger partial charge >= 0.3 is 12.1 Å². The van der Waals surface area contributed by atoms with Crippen molar-refractivity contribution in [2.45, 2.75) is 77.5 Å². The van der Waals surface area contributed by atoms with Crippen LogP contribution in [0, 0.1) is 0 Å². The Hall–Kier alpha value is -3.02. The van der Waals surface area contributed by atoms with Crippen molar-refractivity contribution in [3.8, 4) is 5.75 Å². The smallest absolute Gasteiger partial charge is 0.410 e. The number of hydrogen-bond donors (Lipinski definition) is 0. The van der Waals surface area contributed by atoms with E-state index in [1.807, 2.05) is 56.0 Å². The topological polar surface area (TPSA) is 65.1 Å². The van der Waals surface area contributed by atoms with Crippen LogP contribution in [0.4, 0.5) is 4.79 Å². The summed E-state index contributed by atoms with van der Waals surface area (Å²) in [5.74, 6) is 0.729. The Bertz CT molecular complexity index is 912. The summed E-state index contributed by atoms with van der Waals surface area (Å²) in [5.41, 5.74) is 1.84. The van der Waals surface area contributed by atoms with Gasteiger partial charge in [-0.15, -0.1) is 0 Å². The van der Waals surface area contributed by atoms with Crippen LogP contribution < -0.4 is 4.74 Å². The Kier molecular flexibility index (Phi) is 8.97. The first-order valence-corrected chi connectivity index (χ1v) is 12.2. The monoisotopic (exact) mass is 467 g/mol. The molecule has 0 radical (unpaired) electrons. The van der Waals surface area contributed by atoms with E-state index in [1.54, 1.807) is 6.92 Å². The Balaban J connectivity index is 1.60. The first-order valence-electron chi connectivity index (χ1n) is 12.2. The van der Waals surface area contributed by atoms with E-state index in [0.717, 1.165) is 31.2 Å². The maximum absolute atomic E-state index is 13.1. The minimum absolute atomic E-state index is 0.0831. The minimum Gasteiger partial charge on any atom is -0.482 e. The van der Waals surface area contributed by atoms with Gasteiger partial charge in [0, 0.05) is 12.6 Å². The average Bonchev–Trinajstić information content (AvgIpc) is 2.81. The second kappa shape index (κ2) is 11.9. The molecule has 2 aromatic rings. The molecule has 0 bridgehead atoms. The zero-order valence-electron chi connectivity index (χ0n) is 20.8. The molecule has 0 saturated heterocycles. The summed E-state index contributed by atoms with van der Waals surface area (Å²) in [6.07, 6.45) is 3.61. The quantitative estimate of drug-likeness (QED) is 0.440. The van der Waals surface area contributed by atoms with Crippen LogP contribution in [-0.2, 0) is 20.8 Å². The molecule has 6 heteroatoms. The fourth-order valence-corrected chi connectivity index (χ4v) is 4.35. The Labute approximate surface area is 203 Å². The van der Waals surface area contributed by atoms with Crippen LogP contribution in [0.1, 0.15) is 70.4 Å². The Morgan fingerprint density at radius 2 is 1.59 bits per heavy atom. The highest BCUT2D eigenvalue weighted by molar-refractivity contribution is 5.71. The van der Waals surface area contributed by atoms with E-state index in [9.17, 15) is 9.59 Å². The third-order valence-corrected chi connectivity index (χ3v) is 5.97. The molecule has 34 heavy (non-hydrogen) atoms. The number of rotatable bonds is 8. The number of amides is 1. The van der Waals surface area contributed by atoms with E-state index in [-0.39, 0.29) is 24.7 Å². The van der Waals surface area contributed by atoms with Crippen molar-refractivity contribution in [3.63, 3.8) is 0 Å². The van der Waals surface area contributed by atoms with E-state index in [1.165, 1.54) is 5.56 Å². The Morgan fingerprint density at radius 1 is 0.941 bits per heavy atom. The summed E-state index contributed by atoms with van der Waals surface area (Å²) in [6, 6.07) is 18.2. The molecule has 0 aromatic heterocycles. The van der Waals surface area contributed by atoms with Crippen molar-refractivity contribution in [3.05, 3.63) is 65.7 Å². The van der Waals surface area contributed by atoms with E-state index in [2.05, 4.69) is 24.3 Å². The number of esters is 1. The van der Waals surface area contributed by atoms with Crippen LogP contribution in [0.25, 0.3) is 0 Å². The molecule has 1 aliphatic carbocycles. The van der Waals surface area contributed by atoms with E-state index < -0.39 is 5.60 Å². The molecule has 6 nitrogen and oxygen atoms in total. The molecule has 2 aromatic carbocycles. The lowest BCUT2D eigenvalue weighted by Gasteiger charge is -2.38. The van der Waals surface area contributed by atoms with Gasteiger partial charge < -0.3 is 19.1 Å². The molecule has 1 saturated carbocycles. The molecule has 0 atom stereocenters. The number of carbonyl (C=O) groups is 2. The summed E-state index contributed by atoms with van der Waals surface area (Å²) in [5, 5.41) is 0. The molecule has 0 N–H and O–H groups in total. The summed E-state index contributed by atoms with van der Waals surface area (Å²) in [6.45, 7) is 8.31. The van der Waals surface area contributed by atoms with Crippen LogP contribution >= 0.6 is 0 Å². The van der Waals surface area contributed by atoms with E-state index >= 15 is 0 Å². The number of ether oxygens (including phenoxy) is 3. The van der Waals surface area contributed by atoms with Crippen LogP contribution in [-0.4, -0.2) is 41.8 Å². The normalized spacial score (nSPS) is 18.1. The van der Waals surface area contributed by atoms with Gasteiger partial charge in [0.25, 0.3) is 0 Å². The standard InChI is InChI=1S/C28H37NO5/c1-5-32-26(30)20-33-25-17-13-23(14-18-25)22-11-15-24(16-12-22)29(27(31)34-28(2,3)4)19-21-9-7-6-8-10-21/h6-10,13-14,17-18,22,24H,5,11-12,15-16,19-20H2,1-4H3/t22-,24-. The maximum Gasteiger partial charge on any atom is 0.410 e. The molecule has 0 heterocycles. The van der Waals surface area contributed by atoms with Crippen molar-refractivity contribution in [2.75, 3.05) is 13.2 Å². The zero-order valence-corrected chi connectivity index (χ0v) is 20.8. The number of benzene rings is 2. The van der Waals surface area contributed by atoms with Crippen molar-refractivity contribution < 1.29 is 23.8 Å². The molecule has 1 amide bonds. The molecule has 3 rings (SSSR count). The molecule has 0 aliphatic heterocycles. The third-order valence-electron chi connectivity index (χ3n) is 5.97. The van der Waals surface area contributed by atoms with Crippen LogP contribution in [0.3, 0.4) is 0 Å². The van der Waals surface area contributed by atoms with Crippen molar-refractivity contribution in [1.82, 2.24) is 4.90 Å². The van der Waals surface area contributed by atoms with Gasteiger partial charge in [-0.3, -0.25) is 0 Å². The van der Waals surface area contributed by atoms with Gasteiger partial charge in [-0.05, 0) is 82.6 Å². The van der Waals surface area contributed by atoms with Gasteiger partial charge in [0.2, 0.25) is 0 Å². The molecule has 184 valence electrons. The van der Waals surface area contributed by atoms with E-state index in [4.69, 9.17) is 14.2 Å². The van der Waals surface area contributed by atoms with Gasteiger partial charge in [0.1, 0.15) is 11.4 Å². The second-order valence-corrected chi connectivity index (χ2v) is 9.76. The molecular formula is C28H37NO5. The Morgan fingerprint density at radius 3 is 2.18 bits per heavy atom. The van der Waals surface area contributed by atoms with Crippen LogP contribution in [0.15, 0.2) is 54.6 Å². The van der Waals surface area contributed by atoms with Crippen molar-refractivity contribution in [2.24, 2.45) is 0 Å². The summed E-state index contributed by atoms with van der Waals surface area (Å²) in [4.78, 5) is 26.4. The van der Waals surface area contributed by atoms with Gasteiger partial charge in [-0.1, -0.05) is 42.5 Å². The molecule has 1 aliphatic rings. The number of hydrogen-bond acceptors (Lipinski definition) is 5. The highest BCUT2D eigenvalue weighted by atomic mass is 16.6. The van der Waals surface area contributed by atoms with Gasteiger partial charge in [-0.25, -0.2) is 9.59 Å². The fourth-order valence-electron chi connectivity index (χ4n) is 4.35. The first-order chi connectivity index (χ1) is 16.2. The lowest BCUT2D eigenvalue weighted by Crippen LogP contribution is -2.44. The van der Waals surface area contributed by atoms with Gasteiger partial charge in [-0.2, -0.15) is 0 Å². The van der Waals surface area contributed by atoms with Crippen LogP contribution in [0.5, 0.6) is 5.75 Å². The average molecular weight is 468 g/mol. The summed E-state index contributed by atoms with van der Waals surface area (Å²) >= 11 is 0. The fraction of sp³-hybridized carbons (Fsp3) is 0.500. The van der Waals surface area contributed by atoms with E-state index in [0.29, 0.717) is 24.8 Å². The molecule has 1 fully saturated rings. The predicted octanol–water partition coefficient (Wildman–Crippen LogP) is 6.09. The largest absolute Gasteiger partial charge is 0.482 e. The lowest BCUT2D eigenvalue weighted by molar-refractivity contribution is -0.145. The number of carbonyl (C=O) groups excluding carboxylic acids is 2. The van der Waals surface area contributed by atoms with Crippen LogP contribution in [0.2, 0.25) is 0 Å². The van der Waals surface area contributed by atoms with Gasteiger partial charge in [0.05, 0.1) is 6.61 Å². The zero-order chi connectivity index (χ0) is 24.6. The first kappa shape index (κ1) is 25.6. The number of nitrogens with zero attached hydrogens (tertiary/aromatic N) is 1. The SMILES string of the molecule is CCOC(=O)COc1ccc([C@H]2CC[C@H](N(Cc3ccccc3)C(=O)OC(C)(C)C)CC2)cc1. The van der Waals surface area contributed by atoms with Crippen molar-refractivity contribution >= 4 is 12.1 Å². The molecular weight excluding hydrogens is 430 g/mol. The third kappa shape index (κ3) is 7.79. The lowest BCUT2D eigenvalue weighted by atomic mass is 9.81. The summed E-state index contributed by atoms with van der Waals surface area (Å²) in [7, 11) is 0. The summed E-state index contributed by atoms with van der Waals surface area (Å²) < 4.78 is 16.1. The molecule has 0 unspecified atom stereocenters. The van der Waals surface area contributed by atoms with Gasteiger partial charge in [0.15, 0.2) is 6.61 Å². The highest BCUT2D eigenvalue weighted by Gasteiger charge is 2.32. The maximum atomic E-state index is 13.1. The second-order valence-electron chi connectivity index (χ2n) is 9.76. The highest BCUT2D eigenvalue weighted by Crippen LogP contribution is 2.36. The molecule has 0 spiro atoms.